The number of hydrogen-bond acceptors (Lipinski definition) is 4. The average Bonchev–Trinajstić information content (AvgIpc) is 3.01. The van der Waals surface area contributed by atoms with Crippen molar-refractivity contribution in [2.75, 3.05) is 20.2 Å². The number of rotatable bonds is 4. The van der Waals surface area contributed by atoms with Crippen LogP contribution in [0.25, 0.3) is 11.0 Å². The van der Waals surface area contributed by atoms with Crippen molar-refractivity contribution in [3.63, 3.8) is 0 Å². The number of piperidine rings is 1. The predicted octanol–water partition coefficient (Wildman–Crippen LogP) is 4.11. The van der Waals surface area contributed by atoms with Crippen molar-refractivity contribution in [2.45, 2.75) is 45.7 Å². The van der Waals surface area contributed by atoms with Crippen LogP contribution in [0.1, 0.15) is 44.1 Å². The van der Waals surface area contributed by atoms with Gasteiger partial charge in [-0.05, 0) is 43.9 Å². The van der Waals surface area contributed by atoms with Crippen LogP contribution in [-0.2, 0) is 4.74 Å². The van der Waals surface area contributed by atoms with Gasteiger partial charge in [0.05, 0.1) is 13.2 Å². The van der Waals surface area contributed by atoms with Gasteiger partial charge in [0.15, 0.2) is 0 Å². The molecule has 0 radical (unpaired) electrons. The number of benzene rings is 1. The number of amides is 3. The number of aryl methyl sites for hydroxylation is 1. The van der Waals surface area contributed by atoms with Gasteiger partial charge in [-0.3, -0.25) is 0 Å². The van der Waals surface area contributed by atoms with Crippen LogP contribution in [0.4, 0.5) is 14.0 Å². The maximum atomic E-state index is 13.6. The number of ether oxygens (including phenoxy) is 1. The van der Waals surface area contributed by atoms with Crippen LogP contribution >= 0.6 is 0 Å². The molecule has 158 valence electrons. The first-order valence-electron chi connectivity index (χ1n) is 9.88. The average molecular weight is 405 g/mol. The van der Waals surface area contributed by atoms with E-state index in [1.165, 1.54) is 19.2 Å². The zero-order valence-corrected chi connectivity index (χ0v) is 17.3. The third-order valence-corrected chi connectivity index (χ3v) is 5.36. The fourth-order valence-corrected chi connectivity index (χ4v) is 3.80. The zero-order chi connectivity index (χ0) is 21.1. The predicted molar refractivity (Wildman–Crippen MR) is 107 cm³/mol. The molecule has 1 aliphatic rings. The Morgan fingerprint density at radius 3 is 2.79 bits per heavy atom. The second-order valence-corrected chi connectivity index (χ2v) is 7.83. The van der Waals surface area contributed by atoms with Crippen molar-refractivity contribution in [2.24, 2.45) is 5.92 Å². The van der Waals surface area contributed by atoms with Crippen molar-refractivity contribution in [3.8, 4) is 0 Å². The molecule has 1 aliphatic heterocycles. The third-order valence-electron chi connectivity index (χ3n) is 5.36. The molecule has 2 atom stereocenters. The van der Waals surface area contributed by atoms with Crippen LogP contribution in [0.5, 0.6) is 0 Å². The summed E-state index contributed by atoms with van der Waals surface area (Å²) >= 11 is 0. The third kappa shape index (κ3) is 4.63. The van der Waals surface area contributed by atoms with Crippen LogP contribution in [0.2, 0.25) is 0 Å². The largest absolute Gasteiger partial charge is 0.459 e. The molecule has 1 saturated heterocycles. The topological polar surface area (TPSA) is 83.8 Å². The van der Waals surface area contributed by atoms with Gasteiger partial charge in [-0.1, -0.05) is 13.8 Å². The summed E-state index contributed by atoms with van der Waals surface area (Å²) in [6.45, 7) is 6.87. The standard InChI is InChI=1S/C21H28FN3O4/c1-12(2)18(19-13(3)16-10-14(22)7-8-17(16)29-19)24-20(26)23-15-6-5-9-25(11-15)21(27)28-4/h7-8,10,12,15,18H,5-6,9,11H2,1-4H3,(H2,23,24,26)/t15?,18-/m1/s1. The molecule has 0 spiro atoms. The first-order chi connectivity index (χ1) is 13.8. The number of furan rings is 1. The summed E-state index contributed by atoms with van der Waals surface area (Å²) in [5.74, 6) is 0.352. The van der Waals surface area contributed by atoms with Crippen LogP contribution < -0.4 is 10.6 Å². The number of nitrogens with one attached hydrogen (secondary N) is 2. The summed E-state index contributed by atoms with van der Waals surface area (Å²) in [4.78, 5) is 26.0. The lowest BCUT2D eigenvalue weighted by molar-refractivity contribution is 0.108. The van der Waals surface area contributed by atoms with E-state index < -0.39 is 0 Å². The first-order valence-corrected chi connectivity index (χ1v) is 9.88. The monoisotopic (exact) mass is 405 g/mol. The highest BCUT2D eigenvalue weighted by molar-refractivity contribution is 5.82. The number of nitrogens with zero attached hydrogens (tertiary/aromatic N) is 1. The van der Waals surface area contributed by atoms with Crippen molar-refractivity contribution in [1.29, 1.82) is 0 Å². The van der Waals surface area contributed by atoms with Crippen LogP contribution in [0.15, 0.2) is 22.6 Å². The molecule has 29 heavy (non-hydrogen) atoms. The number of halogens is 1. The number of urea groups is 1. The number of fused-ring (bicyclic) bond motifs is 1. The molecule has 3 amide bonds. The molecule has 0 saturated carbocycles. The fraction of sp³-hybridized carbons (Fsp3) is 0.524. The molecule has 1 aromatic carbocycles. The van der Waals surface area contributed by atoms with Gasteiger partial charge in [-0.15, -0.1) is 0 Å². The Morgan fingerprint density at radius 2 is 2.10 bits per heavy atom. The summed E-state index contributed by atoms with van der Waals surface area (Å²) in [5.41, 5.74) is 1.40. The van der Waals surface area contributed by atoms with Gasteiger partial charge >= 0.3 is 12.1 Å². The lowest BCUT2D eigenvalue weighted by atomic mass is 9.98. The molecule has 8 heteroatoms. The second kappa shape index (κ2) is 8.71. The molecule has 1 fully saturated rings. The molecule has 1 aromatic heterocycles. The minimum absolute atomic E-state index is 0.0581. The van der Waals surface area contributed by atoms with E-state index in [4.69, 9.17) is 9.15 Å². The highest BCUT2D eigenvalue weighted by atomic mass is 19.1. The molecular formula is C21H28FN3O4. The molecule has 2 aromatic rings. The van der Waals surface area contributed by atoms with E-state index in [0.29, 0.717) is 29.8 Å². The summed E-state index contributed by atoms with van der Waals surface area (Å²) in [7, 11) is 1.35. The van der Waals surface area contributed by atoms with E-state index in [1.54, 1.807) is 11.0 Å². The van der Waals surface area contributed by atoms with Gasteiger partial charge in [0.2, 0.25) is 0 Å². The second-order valence-electron chi connectivity index (χ2n) is 7.83. The molecule has 1 unspecified atom stereocenters. The minimum Gasteiger partial charge on any atom is -0.459 e. The van der Waals surface area contributed by atoms with Crippen molar-refractivity contribution in [3.05, 3.63) is 35.3 Å². The maximum absolute atomic E-state index is 13.6. The minimum atomic E-state index is -0.387. The lowest BCUT2D eigenvalue weighted by Crippen LogP contribution is -2.52. The maximum Gasteiger partial charge on any atom is 0.409 e. The van der Waals surface area contributed by atoms with Crippen molar-refractivity contribution in [1.82, 2.24) is 15.5 Å². The fourth-order valence-electron chi connectivity index (χ4n) is 3.80. The quantitative estimate of drug-likeness (QED) is 0.802. The highest BCUT2D eigenvalue weighted by Gasteiger charge is 2.28. The van der Waals surface area contributed by atoms with Gasteiger partial charge in [-0.2, -0.15) is 0 Å². The lowest BCUT2D eigenvalue weighted by Gasteiger charge is -2.32. The molecule has 2 N–H and O–H groups in total. The number of likely N-dealkylation sites (tertiary alicyclic amines) is 1. The van der Waals surface area contributed by atoms with Gasteiger partial charge in [0, 0.05) is 30.1 Å². The Labute approximate surface area is 169 Å². The van der Waals surface area contributed by atoms with E-state index >= 15 is 0 Å². The summed E-state index contributed by atoms with van der Waals surface area (Å²) < 4.78 is 24.3. The molecule has 2 heterocycles. The summed E-state index contributed by atoms with van der Waals surface area (Å²) in [6, 6.07) is 3.55. The van der Waals surface area contributed by atoms with Gasteiger partial charge in [-0.25, -0.2) is 14.0 Å². The molecular weight excluding hydrogens is 377 g/mol. The van der Waals surface area contributed by atoms with Crippen LogP contribution in [0.3, 0.4) is 0 Å². The Morgan fingerprint density at radius 1 is 1.34 bits per heavy atom. The molecule has 0 aliphatic carbocycles. The van der Waals surface area contributed by atoms with Gasteiger partial charge in [0.1, 0.15) is 17.2 Å². The van der Waals surface area contributed by atoms with Crippen LogP contribution in [-0.4, -0.2) is 43.3 Å². The van der Waals surface area contributed by atoms with Crippen LogP contribution in [0, 0.1) is 18.7 Å². The SMILES string of the molecule is COC(=O)N1CCCC(NC(=O)N[C@@H](c2oc3ccc(F)cc3c2C)C(C)C)C1. The van der Waals surface area contributed by atoms with E-state index in [1.807, 2.05) is 20.8 Å². The smallest absolute Gasteiger partial charge is 0.409 e. The van der Waals surface area contributed by atoms with E-state index in [9.17, 15) is 14.0 Å². The number of carbonyl (C=O) groups excluding carboxylic acids is 2. The Hall–Kier alpha value is -2.77. The van der Waals surface area contributed by atoms with Gasteiger partial charge < -0.3 is 24.7 Å². The Balaban J connectivity index is 1.72. The molecule has 7 nitrogen and oxygen atoms in total. The zero-order valence-electron chi connectivity index (χ0n) is 17.3. The number of hydrogen-bond donors (Lipinski definition) is 2. The summed E-state index contributed by atoms with van der Waals surface area (Å²) in [6.07, 6.45) is 1.19. The Bertz CT molecular complexity index is 895. The summed E-state index contributed by atoms with van der Waals surface area (Å²) in [5, 5.41) is 6.63. The van der Waals surface area contributed by atoms with E-state index in [0.717, 1.165) is 18.4 Å². The normalized spacial score (nSPS) is 18.0. The molecule has 3 rings (SSSR count). The highest BCUT2D eigenvalue weighted by Crippen LogP contribution is 2.33. The number of carbonyl (C=O) groups is 2. The van der Waals surface area contributed by atoms with E-state index in [2.05, 4.69) is 10.6 Å². The van der Waals surface area contributed by atoms with Crippen molar-refractivity contribution < 1.29 is 23.1 Å². The Kier molecular flexibility index (Phi) is 6.30. The number of methoxy groups -OCH3 is 1. The van der Waals surface area contributed by atoms with E-state index in [-0.39, 0.29) is 35.9 Å². The van der Waals surface area contributed by atoms with Crippen molar-refractivity contribution >= 4 is 23.1 Å². The first kappa shape index (κ1) is 21.0. The van der Waals surface area contributed by atoms with Gasteiger partial charge in [0.25, 0.3) is 0 Å². The molecule has 0 bridgehead atoms.